The second-order valence-corrected chi connectivity index (χ2v) is 4.95. The molecule has 5 nitrogen and oxygen atoms in total. The van der Waals surface area contributed by atoms with Gasteiger partial charge in [-0.15, -0.1) is 0 Å². The average molecular weight is 249 g/mol. The van der Waals surface area contributed by atoms with Crippen LogP contribution >= 0.6 is 0 Å². The highest BCUT2D eigenvalue weighted by molar-refractivity contribution is 5.65. The molecule has 2 rings (SSSR count). The van der Waals surface area contributed by atoms with Gasteiger partial charge in [-0.25, -0.2) is 0 Å². The maximum Gasteiger partial charge on any atom is 0.295 e. The molecular weight excluding hydrogens is 230 g/mol. The molecule has 1 fully saturated rings. The number of piperidine rings is 1. The number of hydrogen-bond acceptors (Lipinski definition) is 4. The number of nitro groups is 1. The number of nitrogens with one attached hydrogen (secondary N) is 1. The zero-order valence-electron chi connectivity index (χ0n) is 10.8. The zero-order chi connectivity index (χ0) is 13.1. The van der Waals surface area contributed by atoms with Gasteiger partial charge in [-0.2, -0.15) is 0 Å². The molecular formula is C13H19N3O2. The lowest BCUT2D eigenvalue weighted by Crippen LogP contribution is -2.36. The van der Waals surface area contributed by atoms with Crippen LogP contribution in [-0.4, -0.2) is 36.0 Å². The number of likely N-dealkylation sites (tertiary alicyclic amines) is 1. The van der Waals surface area contributed by atoms with E-state index in [9.17, 15) is 10.1 Å². The van der Waals surface area contributed by atoms with Gasteiger partial charge in [-0.1, -0.05) is 12.1 Å². The molecule has 98 valence electrons. The quantitative estimate of drug-likeness (QED) is 0.660. The largest absolute Gasteiger partial charge is 0.377 e. The summed E-state index contributed by atoms with van der Waals surface area (Å²) in [6.45, 7) is 3.85. The second-order valence-electron chi connectivity index (χ2n) is 4.95. The van der Waals surface area contributed by atoms with E-state index in [1.807, 2.05) is 6.07 Å². The topological polar surface area (TPSA) is 58.4 Å². The monoisotopic (exact) mass is 249 g/mol. The smallest absolute Gasteiger partial charge is 0.295 e. The van der Waals surface area contributed by atoms with Crippen molar-refractivity contribution in [2.45, 2.75) is 25.8 Å². The Morgan fingerprint density at radius 3 is 2.67 bits per heavy atom. The molecule has 0 aromatic heterocycles. The van der Waals surface area contributed by atoms with Crippen LogP contribution in [0.2, 0.25) is 0 Å². The van der Waals surface area contributed by atoms with Crippen molar-refractivity contribution in [2.24, 2.45) is 0 Å². The van der Waals surface area contributed by atoms with Crippen molar-refractivity contribution >= 4 is 11.4 Å². The van der Waals surface area contributed by atoms with Gasteiger partial charge in [0.2, 0.25) is 0 Å². The molecule has 1 aliphatic heterocycles. The summed E-state index contributed by atoms with van der Waals surface area (Å²) in [5, 5.41) is 14.4. The summed E-state index contributed by atoms with van der Waals surface area (Å²) < 4.78 is 0. The summed E-state index contributed by atoms with van der Waals surface area (Å²) in [4.78, 5) is 13.1. The molecule has 1 aromatic rings. The molecule has 0 aliphatic carbocycles. The minimum Gasteiger partial charge on any atom is -0.377 e. The first-order valence-electron chi connectivity index (χ1n) is 6.27. The number of rotatable bonds is 3. The number of anilines is 1. The molecule has 0 saturated carbocycles. The number of benzene rings is 1. The lowest BCUT2D eigenvalue weighted by Gasteiger charge is -2.30. The van der Waals surface area contributed by atoms with Crippen LogP contribution in [0.3, 0.4) is 0 Å². The average Bonchev–Trinajstić information content (AvgIpc) is 2.32. The normalized spacial score (nSPS) is 17.7. The fraction of sp³-hybridized carbons (Fsp3) is 0.538. The van der Waals surface area contributed by atoms with Crippen molar-refractivity contribution in [1.29, 1.82) is 0 Å². The molecule has 5 heteroatoms. The van der Waals surface area contributed by atoms with Crippen LogP contribution in [0, 0.1) is 17.0 Å². The first-order chi connectivity index (χ1) is 8.58. The standard InChI is InChI=1S/C13H19N3O2/c1-10-4-3-5-12(13(10)16(17)18)14-11-6-8-15(2)9-7-11/h3-5,11,14H,6-9H2,1-2H3. The Balaban J connectivity index is 2.14. The SMILES string of the molecule is Cc1cccc(NC2CCN(C)CC2)c1[N+](=O)[O-]. The Hall–Kier alpha value is -1.62. The van der Waals surface area contributed by atoms with Crippen molar-refractivity contribution in [3.05, 3.63) is 33.9 Å². The van der Waals surface area contributed by atoms with E-state index in [1.165, 1.54) is 0 Å². The van der Waals surface area contributed by atoms with E-state index in [0.29, 0.717) is 17.3 Å². The predicted octanol–water partition coefficient (Wildman–Crippen LogP) is 2.41. The fourth-order valence-electron chi connectivity index (χ4n) is 2.39. The summed E-state index contributed by atoms with van der Waals surface area (Å²) >= 11 is 0. The van der Waals surface area contributed by atoms with Crippen molar-refractivity contribution < 1.29 is 4.92 Å². The Morgan fingerprint density at radius 2 is 2.06 bits per heavy atom. The van der Waals surface area contributed by atoms with E-state index in [4.69, 9.17) is 0 Å². The van der Waals surface area contributed by atoms with Gasteiger partial charge in [-0.05, 0) is 46.0 Å². The summed E-state index contributed by atoms with van der Waals surface area (Å²) in [5.41, 5.74) is 1.56. The van der Waals surface area contributed by atoms with Crippen molar-refractivity contribution in [1.82, 2.24) is 4.90 Å². The molecule has 1 heterocycles. The molecule has 1 aromatic carbocycles. The Labute approximate surface area is 107 Å². The number of aryl methyl sites for hydroxylation is 1. The third kappa shape index (κ3) is 2.79. The summed E-state index contributed by atoms with van der Waals surface area (Å²) in [6, 6.07) is 5.77. The fourth-order valence-corrected chi connectivity index (χ4v) is 2.39. The Kier molecular flexibility index (Phi) is 3.81. The predicted molar refractivity (Wildman–Crippen MR) is 72.0 cm³/mol. The first kappa shape index (κ1) is 12.8. The third-order valence-electron chi connectivity index (χ3n) is 3.50. The van der Waals surface area contributed by atoms with E-state index >= 15 is 0 Å². The number of para-hydroxylation sites is 1. The molecule has 1 N–H and O–H groups in total. The van der Waals surface area contributed by atoms with Gasteiger partial charge in [-0.3, -0.25) is 10.1 Å². The minimum absolute atomic E-state index is 0.205. The van der Waals surface area contributed by atoms with Crippen molar-refractivity contribution in [3.63, 3.8) is 0 Å². The molecule has 0 spiro atoms. The molecule has 18 heavy (non-hydrogen) atoms. The molecule has 0 amide bonds. The summed E-state index contributed by atoms with van der Waals surface area (Å²) in [6.07, 6.45) is 2.06. The number of nitrogens with zero attached hydrogens (tertiary/aromatic N) is 2. The molecule has 1 saturated heterocycles. The molecule has 0 atom stereocenters. The van der Waals surface area contributed by atoms with E-state index in [1.54, 1.807) is 19.1 Å². The van der Waals surface area contributed by atoms with Crippen molar-refractivity contribution in [3.8, 4) is 0 Å². The number of hydrogen-bond donors (Lipinski definition) is 1. The van der Waals surface area contributed by atoms with Gasteiger partial charge in [0, 0.05) is 11.6 Å². The second kappa shape index (κ2) is 5.35. The van der Waals surface area contributed by atoms with Crippen molar-refractivity contribution in [2.75, 3.05) is 25.5 Å². The van der Waals surface area contributed by atoms with Crippen LogP contribution in [0.4, 0.5) is 11.4 Å². The Morgan fingerprint density at radius 1 is 1.39 bits per heavy atom. The lowest BCUT2D eigenvalue weighted by atomic mass is 10.0. The molecule has 0 radical (unpaired) electrons. The van der Waals surface area contributed by atoms with Gasteiger partial charge >= 0.3 is 0 Å². The molecule has 0 bridgehead atoms. The van der Waals surface area contributed by atoms with Crippen LogP contribution in [0.15, 0.2) is 18.2 Å². The maximum atomic E-state index is 11.1. The highest BCUT2D eigenvalue weighted by Crippen LogP contribution is 2.29. The van der Waals surface area contributed by atoms with Gasteiger partial charge < -0.3 is 10.2 Å². The van der Waals surface area contributed by atoms with Crippen LogP contribution in [0.5, 0.6) is 0 Å². The van der Waals surface area contributed by atoms with Gasteiger partial charge in [0.05, 0.1) is 4.92 Å². The third-order valence-corrected chi connectivity index (χ3v) is 3.50. The van der Waals surface area contributed by atoms with Gasteiger partial charge in [0.1, 0.15) is 5.69 Å². The first-order valence-corrected chi connectivity index (χ1v) is 6.27. The van der Waals surface area contributed by atoms with Gasteiger partial charge in [0.25, 0.3) is 5.69 Å². The van der Waals surface area contributed by atoms with Crippen LogP contribution in [0.25, 0.3) is 0 Å². The zero-order valence-corrected chi connectivity index (χ0v) is 10.8. The summed E-state index contributed by atoms with van der Waals surface area (Å²) in [7, 11) is 2.10. The lowest BCUT2D eigenvalue weighted by molar-refractivity contribution is -0.384. The highest BCUT2D eigenvalue weighted by Gasteiger charge is 2.21. The van der Waals surface area contributed by atoms with E-state index < -0.39 is 0 Å². The molecule has 1 aliphatic rings. The minimum atomic E-state index is -0.299. The Bertz CT molecular complexity index is 440. The summed E-state index contributed by atoms with van der Waals surface area (Å²) in [5.74, 6) is 0. The highest BCUT2D eigenvalue weighted by atomic mass is 16.6. The van der Waals surface area contributed by atoms with Crippen LogP contribution in [0.1, 0.15) is 18.4 Å². The maximum absolute atomic E-state index is 11.1. The van der Waals surface area contributed by atoms with E-state index in [-0.39, 0.29) is 10.6 Å². The van der Waals surface area contributed by atoms with Crippen LogP contribution in [-0.2, 0) is 0 Å². The van der Waals surface area contributed by atoms with E-state index in [0.717, 1.165) is 25.9 Å². The van der Waals surface area contributed by atoms with Gasteiger partial charge in [0.15, 0.2) is 0 Å². The number of nitro benzene ring substituents is 1. The van der Waals surface area contributed by atoms with Crippen LogP contribution < -0.4 is 5.32 Å². The van der Waals surface area contributed by atoms with E-state index in [2.05, 4.69) is 17.3 Å². The molecule has 0 unspecified atom stereocenters.